The van der Waals surface area contributed by atoms with Crippen molar-refractivity contribution >= 4 is 50.7 Å². The van der Waals surface area contributed by atoms with E-state index >= 15 is 0 Å². The molecule has 186 valence electrons. The predicted molar refractivity (Wildman–Crippen MR) is 141 cm³/mol. The number of nitrogens with zero attached hydrogens (tertiary/aromatic N) is 5. The predicted octanol–water partition coefficient (Wildman–Crippen LogP) is 3.56. The normalized spacial score (nSPS) is 14.0. The lowest BCUT2D eigenvalue weighted by Gasteiger charge is -2.36. The fraction of sp³-hybridized carbons (Fsp3) is 0.440. The van der Waals surface area contributed by atoms with E-state index in [4.69, 9.17) is 11.6 Å². The molecule has 1 saturated heterocycles. The number of likely N-dealkylation sites (N-methyl/N-ethyl adjacent to an activating group) is 1. The average molecular weight is 516 g/mol. The Morgan fingerprint density at radius 2 is 1.80 bits per heavy atom. The summed E-state index contributed by atoms with van der Waals surface area (Å²) in [5.41, 5.74) is 2.47. The maximum atomic E-state index is 13.4. The monoisotopic (exact) mass is 515 g/mol. The first-order valence-electron chi connectivity index (χ1n) is 11.8. The van der Waals surface area contributed by atoms with E-state index in [0.29, 0.717) is 46.8 Å². The number of hydrogen-bond donors (Lipinski definition) is 0. The standard InChI is InChI=1S/C25H30ClN5O3S/c1-5-28(6-2)20(32)14-31-15-27-23-21(24(31)33)17(4)22(35-23)25(34)30-11-9-29(10-12-30)18-7-8-19(26)16(3)13-18/h7-8,13,15H,5-6,9-12,14H2,1-4H3. The van der Waals surface area contributed by atoms with Gasteiger partial charge in [0.2, 0.25) is 5.91 Å². The van der Waals surface area contributed by atoms with Crippen LogP contribution >= 0.6 is 22.9 Å². The molecule has 10 heteroatoms. The number of aryl methyl sites for hydroxylation is 2. The molecule has 3 aromatic rings. The second-order valence-electron chi connectivity index (χ2n) is 8.69. The fourth-order valence-electron chi connectivity index (χ4n) is 4.43. The molecule has 4 rings (SSSR count). The fourth-order valence-corrected chi connectivity index (χ4v) is 5.66. The van der Waals surface area contributed by atoms with Gasteiger partial charge in [-0.3, -0.25) is 19.0 Å². The van der Waals surface area contributed by atoms with Crippen LogP contribution in [-0.4, -0.2) is 70.4 Å². The van der Waals surface area contributed by atoms with Crippen LogP contribution in [0.25, 0.3) is 10.2 Å². The highest BCUT2D eigenvalue weighted by molar-refractivity contribution is 7.20. The summed E-state index contributed by atoms with van der Waals surface area (Å²) in [5.74, 6) is -0.209. The molecule has 0 spiro atoms. The van der Waals surface area contributed by atoms with Crippen molar-refractivity contribution in [2.45, 2.75) is 34.2 Å². The Hall–Kier alpha value is -2.91. The maximum absolute atomic E-state index is 13.4. The Labute approximate surface area is 213 Å². The molecule has 0 atom stereocenters. The number of piperazine rings is 1. The summed E-state index contributed by atoms with van der Waals surface area (Å²) in [6.07, 6.45) is 1.41. The van der Waals surface area contributed by atoms with Crippen molar-refractivity contribution in [1.82, 2.24) is 19.4 Å². The second-order valence-corrected chi connectivity index (χ2v) is 10.1. The van der Waals surface area contributed by atoms with Crippen LogP contribution < -0.4 is 10.5 Å². The van der Waals surface area contributed by atoms with Crippen LogP contribution in [0.4, 0.5) is 5.69 Å². The summed E-state index contributed by atoms with van der Waals surface area (Å²) in [7, 11) is 0. The smallest absolute Gasteiger partial charge is 0.264 e. The SMILES string of the molecule is CCN(CC)C(=O)Cn1cnc2sc(C(=O)N3CCN(c4ccc(Cl)c(C)c4)CC3)c(C)c2c1=O. The van der Waals surface area contributed by atoms with Gasteiger partial charge in [-0.15, -0.1) is 11.3 Å². The molecule has 2 aromatic heterocycles. The van der Waals surface area contributed by atoms with Gasteiger partial charge in [-0.05, 0) is 57.0 Å². The van der Waals surface area contributed by atoms with E-state index in [1.165, 1.54) is 22.2 Å². The first-order valence-corrected chi connectivity index (χ1v) is 13.0. The Balaban J connectivity index is 1.52. The van der Waals surface area contributed by atoms with Gasteiger partial charge in [0.25, 0.3) is 11.5 Å². The zero-order valence-electron chi connectivity index (χ0n) is 20.5. The van der Waals surface area contributed by atoms with Gasteiger partial charge in [-0.2, -0.15) is 0 Å². The summed E-state index contributed by atoms with van der Waals surface area (Å²) >= 11 is 7.40. The quantitative estimate of drug-likeness (QED) is 0.501. The number of amides is 2. The number of hydrogen-bond acceptors (Lipinski definition) is 6. The number of carbonyl (C=O) groups is 2. The molecule has 1 aliphatic heterocycles. The molecular formula is C25H30ClN5O3S. The van der Waals surface area contributed by atoms with Gasteiger partial charge in [0.1, 0.15) is 11.4 Å². The molecule has 35 heavy (non-hydrogen) atoms. The minimum Gasteiger partial charge on any atom is -0.368 e. The molecule has 2 amide bonds. The van der Waals surface area contributed by atoms with Crippen LogP contribution in [0.1, 0.15) is 34.6 Å². The summed E-state index contributed by atoms with van der Waals surface area (Å²) in [6.45, 7) is 11.3. The van der Waals surface area contributed by atoms with Gasteiger partial charge >= 0.3 is 0 Å². The zero-order valence-corrected chi connectivity index (χ0v) is 22.1. The number of rotatable bonds is 6. The van der Waals surface area contributed by atoms with Crippen LogP contribution in [0.5, 0.6) is 0 Å². The molecule has 3 heterocycles. The van der Waals surface area contributed by atoms with Crippen LogP contribution in [0.3, 0.4) is 0 Å². The number of carbonyl (C=O) groups excluding carboxylic acids is 2. The Bertz CT molecular complexity index is 1320. The third-order valence-corrected chi connectivity index (χ3v) is 8.22. The van der Waals surface area contributed by atoms with E-state index in [1.54, 1.807) is 11.8 Å². The molecule has 1 fully saturated rings. The Morgan fingerprint density at radius 1 is 1.11 bits per heavy atom. The molecule has 1 aliphatic rings. The van der Waals surface area contributed by atoms with Crippen molar-refractivity contribution in [3.8, 4) is 0 Å². The van der Waals surface area contributed by atoms with E-state index in [-0.39, 0.29) is 23.9 Å². The lowest BCUT2D eigenvalue weighted by atomic mass is 10.1. The Morgan fingerprint density at radius 3 is 2.43 bits per heavy atom. The lowest BCUT2D eigenvalue weighted by molar-refractivity contribution is -0.131. The van der Waals surface area contributed by atoms with Crippen LogP contribution in [0, 0.1) is 13.8 Å². The largest absolute Gasteiger partial charge is 0.368 e. The van der Waals surface area contributed by atoms with E-state index in [9.17, 15) is 14.4 Å². The molecule has 0 aliphatic carbocycles. The second kappa shape index (κ2) is 10.4. The molecule has 0 radical (unpaired) electrons. The van der Waals surface area contributed by atoms with E-state index in [0.717, 1.165) is 29.4 Å². The molecular weight excluding hydrogens is 486 g/mol. The van der Waals surface area contributed by atoms with Crippen LogP contribution in [0.2, 0.25) is 5.02 Å². The van der Waals surface area contributed by atoms with E-state index < -0.39 is 0 Å². The summed E-state index contributed by atoms with van der Waals surface area (Å²) in [6, 6.07) is 5.97. The Kier molecular flexibility index (Phi) is 7.47. The van der Waals surface area contributed by atoms with Gasteiger partial charge in [-0.25, -0.2) is 4.98 Å². The maximum Gasteiger partial charge on any atom is 0.264 e. The molecule has 0 unspecified atom stereocenters. The molecule has 0 bridgehead atoms. The summed E-state index contributed by atoms with van der Waals surface area (Å²) in [5, 5.41) is 1.16. The first-order chi connectivity index (χ1) is 16.7. The van der Waals surface area contributed by atoms with Gasteiger partial charge in [0.05, 0.1) is 16.6 Å². The average Bonchev–Trinajstić information content (AvgIpc) is 3.20. The number of anilines is 1. The third-order valence-electron chi connectivity index (χ3n) is 6.61. The van der Waals surface area contributed by atoms with Crippen LogP contribution in [-0.2, 0) is 11.3 Å². The number of thiophene rings is 1. The highest BCUT2D eigenvalue weighted by atomic mass is 35.5. The van der Waals surface area contributed by atoms with Gasteiger partial charge < -0.3 is 14.7 Å². The van der Waals surface area contributed by atoms with Crippen molar-refractivity contribution in [2.24, 2.45) is 0 Å². The van der Waals surface area contributed by atoms with E-state index in [2.05, 4.69) is 16.0 Å². The first kappa shape index (κ1) is 25.2. The number of benzene rings is 1. The molecule has 0 N–H and O–H groups in total. The molecule has 1 aromatic carbocycles. The minimum atomic E-state index is -0.286. The highest BCUT2D eigenvalue weighted by Crippen LogP contribution is 2.29. The summed E-state index contributed by atoms with van der Waals surface area (Å²) in [4.78, 5) is 50.3. The zero-order chi connectivity index (χ0) is 25.3. The highest BCUT2D eigenvalue weighted by Gasteiger charge is 2.27. The number of aromatic nitrogens is 2. The number of halogens is 1. The van der Waals surface area contributed by atoms with Crippen molar-refractivity contribution in [1.29, 1.82) is 0 Å². The minimum absolute atomic E-state index is 0.0614. The van der Waals surface area contributed by atoms with Crippen molar-refractivity contribution in [3.63, 3.8) is 0 Å². The topological polar surface area (TPSA) is 78.8 Å². The molecule has 8 nitrogen and oxygen atoms in total. The van der Waals surface area contributed by atoms with Crippen LogP contribution in [0.15, 0.2) is 29.3 Å². The summed E-state index contributed by atoms with van der Waals surface area (Å²) < 4.78 is 1.34. The lowest BCUT2D eigenvalue weighted by Crippen LogP contribution is -2.48. The third kappa shape index (κ3) is 4.92. The van der Waals surface area contributed by atoms with Gasteiger partial charge in [0, 0.05) is 50.0 Å². The van der Waals surface area contributed by atoms with Crippen molar-refractivity contribution in [3.05, 3.63) is 55.9 Å². The number of fused-ring (bicyclic) bond motifs is 1. The van der Waals surface area contributed by atoms with Gasteiger partial charge in [-0.1, -0.05) is 11.6 Å². The van der Waals surface area contributed by atoms with Crippen molar-refractivity contribution in [2.75, 3.05) is 44.2 Å². The molecule has 0 saturated carbocycles. The van der Waals surface area contributed by atoms with E-state index in [1.807, 2.05) is 37.8 Å². The van der Waals surface area contributed by atoms with Crippen molar-refractivity contribution < 1.29 is 9.59 Å². The van der Waals surface area contributed by atoms with Gasteiger partial charge in [0.15, 0.2) is 0 Å².